The van der Waals surface area contributed by atoms with Gasteiger partial charge in [0.25, 0.3) is 0 Å². The van der Waals surface area contributed by atoms with Gasteiger partial charge in [-0.1, -0.05) is 32.9 Å². The van der Waals surface area contributed by atoms with Crippen molar-refractivity contribution in [3.63, 3.8) is 0 Å². The fourth-order valence-electron chi connectivity index (χ4n) is 2.55. The number of nitrogens with zero attached hydrogens (tertiary/aromatic N) is 1. The SMILES string of the molecule is CCC(=O)c1ccccc1N1CC(C)SC(C)C1. The Kier molecular flexibility index (Phi) is 4.33. The zero-order valence-corrected chi connectivity index (χ0v) is 12.2. The number of Topliss-reactive ketones (excluding diaryl/α,β-unsaturated/α-hetero) is 1. The Morgan fingerprint density at radius 1 is 1.28 bits per heavy atom. The van der Waals surface area contributed by atoms with E-state index in [1.165, 1.54) is 0 Å². The minimum Gasteiger partial charge on any atom is -0.369 e. The summed E-state index contributed by atoms with van der Waals surface area (Å²) in [5.41, 5.74) is 2.00. The highest BCUT2D eigenvalue weighted by atomic mass is 32.2. The molecular weight excluding hydrogens is 242 g/mol. The number of thioether (sulfide) groups is 1. The highest BCUT2D eigenvalue weighted by Crippen LogP contribution is 2.30. The molecule has 2 atom stereocenters. The van der Waals surface area contributed by atoms with Gasteiger partial charge in [-0.2, -0.15) is 11.8 Å². The minimum atomic E-state index is 0.240. The topological polar surface area (TPSA) is 20.3 Å². The lowest BCUT2D eigenvalue weighted by molar-refractivity contribution is 0.0988. The summed E-state index contributed by atoms with van der Waals surface area (Å²) < 4.78 is 0. The Bertz CT molecular complexity index is 422. The summed E-state index contributed by atoms with van der Waals surface area (Å²) in [5.74, 6) is 0.240. The highest BCUT2D eigenvalue weighted by Gasteiger charge is 2.24. The van der Waals surface area contributed by atoms with Gasteiger partial charge >= 0.3 is 0 Å². The van der Waals surface area contributed by atoms with Crippen LogP contribution in [0.2, 0.25) is 0 Å². The first-order chi connectivity index (χ1) is 8.61. The third kappa shape index (κ3) is 2.89. The van der Waals surface area contributed by atoms with Crippen LogP contribution in [0.25, 0.3) is 0 Å². The Morgan fingerprint density at radius 2 is 1.89 bits per heavy atom. The zero-order chi connectivity index (χ0) is 13.1. The van der Waals surface area contributed by atoms with Gasteiger partial charge in [0.1, 0.15) is 0 Å². The van der Waals surface area contributed by atoms with Gasteiger partial charge in [-0.15, -0.1) is 0 Å². The molecule has 1 fully saturated rings. The number of anilines is 1. The van der Waals surface area contributed by atoms with Crippen LogP contribution in [0.5, 0.6) is 0 Å². The van der Waals surface area contributed by atoms with Crippen LogP contribution in [0.4, 0.5) is 5.69 Å². The van der Waals surface area contributed by atoms with Crippen molar-refractivity contribution in [2.45, 2.75) is 37.7 Å². The van der Waals surface area contributed by atoms with Crippen molar-refractivity contribution in [1.29, 1.82) is 0 Å². The van der Waals surface area contributed by atoms with E-state index in [0.717, 1.165) is 24.3 Å². The van der Waals surface area contributed by atoms with Gasteiger partial charge in [0.2, 0.25) is 0 Å². The Morgan fingerprint density at radius 3 is 2.50 bits per heavy atom. The Labute approximate surface area is 114 Å². The maximum absolute atomic E-state index is 12.0. The number of carbonyl (C=O) groups is 1. The summed E-state index contributed by atoms with van der Waals surface area (Å²) in [4.78, 5) is 14.4. The maximum Gasteiger partial charge on any atom is 0.164 e. The Hall–Kier alpha value is -0.960. The molecule has 1 aromatic rings. The van der Waals surface area contributed by atoms with Gasteiger partial charge in [-0.25, -0.2) is 0 Å². The summed E-state index contributed by atoms with van der Waals surface area (Å²) in [5, 5.41) is 1.25. The summed E-state index contributed by atoms with van der Waals surface area (Å²) in [7, 11) is 0. The van der Waals surface area contributed by atoms with Crippen LogP contribution in [0.1, 0.15) is 37.6 Å². The van der Waals surface area contributed by atoms with Crippen molar-refractivity contribution in [3.05, 3.63) is 29.8 Å². The molecule has 0 aromatic heterocycles. The van der Waals surface area contributed by atoms with Crippen molar-refractivity contribution in [2.75, 3.05) is 18.0 Å². The van der Waals surface area contributed by atoms with E-state index in [2.05, 4.69) is 24.8 Å². The van der Waals surface area contributed by atoms with Gasteiger partial charge in [0.15, 0.2) is 5.78 Å². The second-order valence-corrected chi connectivity index (χ2v) is 6.84. The van der Waals surface area contributed by atoms with Gasteiger partial charge < -0.3 is 4.90 Å². The second-order valence-electron chi connectivity index (χ2n) is 4.96. The summed E-state index contributed by atoms with van der Waals surface area (Å²) in [6.07, 6.45) is 0.574. The molecular formula is C15H21NOS. The molecule has 1 aliphatic heterocycles. The average Bonchev–Trinajstić information content (AvgIpc) is 2.36. The number of hydrogen-bond acceptors (Lipinski definition) is 3. The van der Waals surface area contributed by atoms with Crippen LogP contribution in [0.3, 0.4) is 0 Å². The highest BCUT2D eigenvalue weighted by molar-refractivity contribution is 8.00. The van der Waals surface area contributed by atoms with Crippen LogP contribution in [0.15, 0.2) is 24.3 Å². The number of benzene rings is 1. The monoisotopic (exact) mass is 263 g/mol. The van der Waals surface area contributed by atoms with E-state index < -0.39 is 0 Å². The minimum absolute atomic E-state index is 0.240. The lowest BCUT2D eigenvalue weighted by Gasteiger charge is -2.37. The summed E-state index contributed by atoms with van der Waals surface area (Å²) >= 11 is 2.03. The molecule has 0 aliphatic carbocycles. The molecule has 1 heterocycles. The van der Waals surface area contributed by atoms with Gasteiger partial charge in [-0.3, -0.25) is 4.79 Å². The molecule has 1 aromatic carbocycles. The quantitative estimate of drug-likeness (QED) is 0.777. The van der Waals surface area contributed by atoms with Crippen LogP contribution >= 0.6 is 11.8 Å². The first kappa shape index (κ1) is 13.5. The standard InChI is InChI=1S/C15H21NOS/c1-4-15(17)13-7-5-6-8-14(13)16-9-11(2)18-12(3)10-16/h5-8,11-12H,4,9-10H2,1-3H3. The third-order valence-corrected chi connectivity index (χ3v) is 4.51. The van der Waals surface area contributed by atoms with E-state index >= 15 is 0 Å². The first-order valence-corrected chi connectivity index (χ1v) is 7.58. The van der Waals surface area contributed by atoms with E-state index in [1.807, 2.05) is 36.9 Å². The predicted octanol–water partition coefficient (Wildman–Crippen LogP) is 3.61. The van der Waals surface area contributed by atoms with E-state index in [-0.39, 0.29) is 5.78 Å². The smallest absolute Gasteiger partial charge is 0.164 e. The lowest BCUT2D eigenvalue weighted by Crippen LogP contribution is -2.41. The van der Waals surface area contributed by atoms with E-state index in [0.29, 0.717) is 16.9 Å². The van der Waals surface area contributed by atoms with Crippen LogP contribution in [-0.4, -0.2) is 29.4 Å². The van der Waals surface area contributed by atoms with Crippen LogP contribution in [-0.2, 0) is 0 Å². The third-order valence-electron chi connectivity index (χ3n) is 3.29. The largest absolute Gasteiger partial charge is 0.369 e. The van der Waals surface area contributed by atoms with Crippen LogP contribution < -0.4 is 4.90 Å². The molecule has 0 amide bonds. The predicted molar refractivity (Wildman–Crippen MR) is 79.8 cm³/mol. The molecule has 0 N–H and O–H groups in total. The molecule has 0 radical (unpaired) electrons. The van der Waals surface area contributed by atoms with Gasteiger partial charge in [0.05, 0.1) is 0 Å². The molecule has 18 heavy (non-hydrogen) atoms. The maximum atomic E-state index is 12.0. The molecule has 1 saturated heterocycles. The lowest BCUT2D eigenvalue weighted by atomic mass is 10.1. The summed E-state index contributed by atoms with van der Waals surface area (Å²) in [6.45, 7) is 8.51. The average molecular weight is 263 g/mol. The van der Waals surface area contributed by atoms with E-state index in [1.54, 1.807) is 0 Å². The fraction of sp³-hybridized carbons (Fsp3) is 0.533. The molecule has 0 spiro atoms. The molecule has 2 unspecified atom stereocenters. The number of hydrogen-bond donors (Lipinski definition) is 0. The molecule has 2 nitrogen and oxygen atoms in total. The Balaban J connectivity index is 2.29. The van der Waals surface area contributed by atoms with Crippen molar-refractivity contribution in [1.82, 2.24) is 0 Å². The fourth-order valence-corrected chi connectivity index (χ4v) is 3.88. The van der Waals surface area contributed by atoms with Crippen LogP contribution in [0, 0.1) is 0 Å². The molecule has 2 rings (SSSR count). The second kappa shape index (κ2) is 5.79. The zero-order valence-electron chi connectivity index (χ0n) is 11.3. The molecule has 98 valence electrons. The first-order valence-electron chi connectivity index (χ1n) is 6.64. The summed E-state index contributed by atoms with van der Waals surface area (Å²) in [6, 6.07) is 8.02. The number of carbonyl (C=O) groups excluding carboxylic acids is 1. The van der Waals surface area contributed by atoms with E-state index in [4.69, 9.17) is 0 Å². The van der Waals surface area contributed by atoms with Crippen molar-refractivity contribution in [3.8, 4) is 0 Å². The number of rotatable bonds is 3. The normalized spacial score (nSPS) is 24.1. The molecule has 0 bridgehead atoms. The molecule has 3 heteroatoms. The number of ketones is 1. The van der Waals surface area contributed by atoms with E-state index in [9.17, 15) is 4.79 Å². The van der Waals surface area contributed by atoms with Crippen molar-refractivity contribution >= 4 is 23.2 Å². The number of para-hydroxylation sites is 1. The van der Waals surface area contributed by atoms with Gasteiger partial charge in [0, 0.05) is 41.3 Å². The van der Waals surface area contributed by atoms with Crippen molar-refractivity contribution < 1.29 is 4.79 Å². The molecule has 0 saturated carbocycles. The van der Waals surface area contributed by atoms with Crippen molar-refractivity contribution in [2.24, 2.45) is 0 Å². The van der Waals surface area contributed by atoms with Gasteiger partial charge in [-0.05, 0) is 12.1 Å². The molecule has 1 aliphatic rings.